The Labute approximate surface area is 146 Å². The predicted octanol–water partition coefficient (Wildman–Crippen LogP) is 2.62. The van der Waals surface area contributed by atoms with Crippen LogP contribution in [0, 0.1) is 0 Å². The van der Waals surface area contributed by atoms with Crippen molar-refractivity contribution in [3.63, 3.8) is 0 Å². The third-order valence-corrected chi connectivity index (χ3v) is 4.37. The number of nitrogens with zero attached hydrogens (tertiary/aromatic N) is 4. The number of halogens is 1. The zero-order valence-corrected chi connectivity index (χ0v) is 14.5. The van der Waals surface area contributed by atoms with E-state index >= 15 is 0 Å². The van der Waals surface area contributed by atoms with Gasteiger partial charge in [-0.1, -0.05) is 12.2 Å². The zero-order valence-electron chi connectivity index (χ0n) is 14.5. The smallest absolute Gasteiger partial charge is 0.154 e. The summed E-state index contributed by atoms with van der Waals surface area (Å²) in [5, 5.41) is 3.08. The number of aromatic nitrogens is 3. The summed E-state index contributed by atoms with van der Waals surface area (Å²) >= 11 is 0. The van der Waals surface area contributed by atoms with Gasteiger partial charge in [0, 0.05) is 50.3 Å². The molecule has 1 fully saturated rings. The maximum atomic E-state index is 12.6. The topological polar surface area (TPSA) is 66.0 Å². The molecule has 0 aromatic carbocycles. The first-order valence-electron chi connectivity index (χ1n) is 8.47. The van der Waals surface area contributed by atoms with Gasteiger partial charge < -0.3 is 10.2 Å². The Morgan fingerprint density at radius 2 is 2.24 bits per heavy atom. The quantitative estimate of drug-likeness (QED) is 0.621. The van der Waals surface area contributed by atoms with E-state index in [1.807, 2.05) is 25.6 Å². The molecule has 25 heavy (non-hydrogen) atoms. The van der Waals surface area contributed by atoms with Crippen LogP contribution in [-0.2, 0) is 6.42 Å². The van der Waals surface area contributed by atoms with Gasteiger partial charge in [0.2, 0.25) is 0 Å². The summed E-state index contributed by atoms with van der Waals surface area (Å²) in [4.78, 5) is 15.5. The average Bonchev–Trinajstić information content (AvgIpc) is 3.13. The van der Waals surface area contributed by atoms with Crippen molar-refractivity contribution in [2.45, 2.75) is 25.8 Å². The van der Waals surface area contributed by atoms with Crippen LogP contribution in [0.4, 0.5) is 10.3 Å². The summed E-state index contributed by atoms with van der Waals surface area (Å²) in [6.07, 6.45) is 11.1. The van der Waals surface area contributed by atoms with Crippen LogP contribution in [0.1, 0.15) is 19.0 Å². The molecule has 2 aromatic rings. The minimum atomic E-state index is -0.0812. The van der Waals surface area contributed by atoms with E-state index in [9.17, 15) is 4.48 Å². The van der Waals surface area contributed by atoms with Crippen molar-refractivity contribution in [1.82, 2.24) is 25.4 Å². The van der Waals surface area contributed by atoms with E-state index in [0.717, 1.165) is 41.2 Å². The van der Waals surface area contributed by atoms with Crippen molar-refractivity contribution in [3.8, 4) is 0 Å². The van der Waals surface area contributed by atoms with Crippen LogP contribution in [0.3, 0.4) is 0 Å². The first-order valence-corrected chi connectivity index (χ1v) is 8.47. The second kappa shape index (κ2) is 8.02. The number of pyridine rings is 1. The maximum Gasteiger partial charge on any atom is 0.154 e. The summed E-state index contributed by atoms with van der Waals surface area (Å²) in [6, 6.07) is 1.88. The normalized spacial score (nSPS) is 18.4. The Bertz CT molecular complexity index is 788. The second-order valence-electron chi connectivity index (χ2n) is 6.00. The molecule has 2 N–H and O–H groups in total. The molecular formula is C18H23FN6. The molecular weight excluding hydrogens is 319 g/mol. The lowest BCUT2D eigenvalue weighted by atomic mass is 10.2. The standard InChI is InChI=1S/C18H23FN6/c1-3-15(25-10-7-14(12-25)24-19)6-4-5-13-11-16-17(18(20-2)23-13)22-9-8-21-16/h3-4,6,8-9,11,14,24H,5,7,10,12H2,1-2H3,(H,20,23)/b6-4-,15-3+. The molecule has 0 radical (unpaired) electrons. The fourth-order valence-electron chi connectivity index (χ4n) is 3.07. The van der Waals surface area contributed by atoms with E-state index in [0.29, 0.717) is 13.0 Å². The van der Waals surface area contributed by atoms with Crippen molar-refractivity contribution >= 4 is 16.9 Å². The molecule has 7 heteroatoms. The van der Waals surface area contributed by atoms with Gasteiger partial charge in [0.15, 0.2) is 5.82 Å². The molecule has 3 rings (SSSR count). The monoisotopic (exact) mass is 342 g/mol. The van der Waals surface area contributed by atoms with Crippen LogP contribution in [0.15, 0.2) is 42.4 Å². The van der Waals surface area contributed by atoms with E-state index < -0.39 is 0 Å². The molecule has 1 aliphatic heterocycles. The van der Waals surface area contributed by atoms with Crippen LogP contribution < -0.4 is 10.9 Å². The van der Waals surface area contributed by atoms with E-state index in [-0.39, 0.29) is 6.04 Å². The summed E-state index contributed by atoms with van der Waals surface area (Å²) in [6.45, 7) is 3.55. The Morgan fingerprint density at radius 1 is 1.40 bits per heavy atom. The zero-order chi connectivity index (χ0) is 17.6. The van der Waals surface area contributed by atoms with Gasteiger partial charge in [0.1, 0.15) is 5.52 Å². The van der Waals surface area contributed by atoms with E-state index in [2.05, 4.69) is 43.4 Å². The molecule has 6 nitrogen and oxygen atoms in total. The molecule has 0 saturated carbocycles. The van der Waals surface area contributed by atoms with E-state index in [1.165, 1.54) is 0 Å². The third kappa shape index (κ3) is 3.93. The number of nitrogens with one attached hydrogen (secondary N) is 2. The fraction of sp³-hybridized carbons (Fsp3) is 0.389. The van der Waals surface area contributed by atoms with Gasteiger partial charge in [-0.2, -0.15) is 5.54 Å². The summed E-state index contributed by atoms with van der Waals surface area (Å²) in [7, 11) is 1.83. The molecule has 0 spiro atoms. The third-order valence-electron chi connectivity index (χ3n) is 4.37. The molecule has 0 bridgehead atoms. The molecule has 1 aliphatic rings. The van der Waals surface area contributed by atoms with Crippen molar-refractivity contribution < 1.29 is 4.48 Å². The number of anilines is 1. The van der Waals surface area contributed by atoms with Crippen LogP contribution in [0.5, 0.6) is 0 Å². The maximum absolute atomic E-state index is 12.6. The molecule has 1 saturated heterocycles. The molecule has 3 heterocycles. The molecule has 132 valence electrons. The first kappa shape index (κ1) is 17.3. The number of fused-ring (bicyclic) bond motifs is 1. The van der Waals surface area contributed by atoms with Crippen molar-refractivity contribution in [3.05, 3.63) is 48.1 Å². The number of allylic oxidation sites excluding steroid dienone is 3. The predicted molar refractivity (Wildman–Crippen MR) is 97.7 cm³/mol. The molecule has 1 unspecified atom stereocenters. The number of hydrogen-bond donors (Lipinski definition) is 2. The Morgan fingerprint density at radius 3 is 2.96 bits per heavy atom. The minimum absolute atomic E-state index is 0.0812. The highest BCUT2D eigenvalue weighted by Gasteiger charge is 2.22. The van der Waals surface area contributed by atoms with Crippen LogP contribution in [0.2, 0.25) is 0 Å². The van der Waals surface area contributed by atoms with Crippen LogP contribution >= 0.6 is 0 Å². The summed E-state index contributed by atoms with van der Waals surface area (Å²) < 4.78 is 12.6. The highest BCUT2D eigenvalue weighted by molar-refractivity contribution is 5.85. The number of likely N-dealkylation sites (tertiary alicyclic amines) is 1. The van der Waals surface area contributed by atoms with Gasteiger partial charge in [-0.15, -0.1) is 4.48 Å². The van der Waals surface area contributed by atoms with Gasteiger partial charge >= 0.3 is 0 Å². The fourth-order valence-corrected chi connectivity index (χ4v) is 3.07. The lowest BCUT2D eigenvalue weighted by Crippen LogP contribution is -2.26. The molecule has 0 amide bonds. The van der Waals surface area contributed by atoms with E-state index in [4.69, 9.17) is 0 Å². The SMILES string of the molecule is C/C=C(\C=C/Cc1cc2nccnc2c(NC)n1)N1CCC(NF)C1. The lowest BCUT2D eigenvalue weighted by molar-refractivity contribution is 0.270. The van der Waals surface area contributed by atoms with Gasteiger partial charge in [-0.3, -0.25) is 4.98 Å². The number of hydrogen-bond acceptors (Lipinski definition) is 6. The highest BCUT2D eigenvalue weighted by Crippen LogP contribution is 2.19. The van der Waals surface area contributed by atoms with Crippen molar-refractivity contribution in [1.29, 1.82) is 0 Å². The van der Waals surface area contributed by atoms with Crippen molar-refractivity contribution in [2.24, 2.45) is 0 Å². The number of rotatable bonds is 6. The van der Waals surface area contributed by atoms with Crippen LogP contribution in [0.25, 0.3) is 11.0 Å². The van der Waals surface area contributed by atoms with Crippen molar-refractivity contribution in [2.75, 3.05) is 25.5 Å². The second-order valence-corrected chi connectivity index (χ2v) is 6.00. The van der Waals surface area contributed by atoms with Crippen LogP contribution in [-0.4, -0.2) is 46.0 Å². The Kier molecular flexibility index (Phi) is 5.55. The highest BCUT2D eigenvalue weighted by atomic mass is 19.2. The van der Waals surface area contributed by atoms with Gasteiger partial charge in [0.25, 0.3) is 0 Å². The molecule has 0 aliphatic carbocycles. The van der Waals surface area contributed by atoms with Gasteiger partial charge in [-0.05, 0) is 25.5 Å². The molecule has 1 atom stereocenters. The van der Waals surface area contributed by atoms with Gasteiger partial charge in [0.05, 0.1) is 11.6 Å². The molecule has 2 aromatic heterocycles. The largest absolute Gasteiger partial charge is 0.371 e. The summed E-state index contributed by atoms with van der Waals surface area (Å²) in [5.41, 5.74) is 5.49. The Balaban J connectivity index is 1.72. The van der Waals surface area contributed by atoms with Gasteiger partial charge in [-0.25, -0.2) is 9.97 Å². The first-order chi connectivity index (χ1) is 12.2. The minimum Gasteiger partial charge on any atom is -0.371 e. The van der Waals surface area contributed by atoms with E-state index in [1.54, 1.807) is 12.4 Å². The lowest BCUT2D eigenvalue weighted by Gasteiger charge is -2.19. The summed E-state index contributed by atoms with van der Waals surface area (Å²) in [5.74, 6) is 0.733. The Hall–Kier alpha value is -2.54. The average molecular weight is 342 g/mol.